The second-order valence-electron chi connectivity index (χ2n) is 5.67. The van der Waals surface area contributed by atoms with Crippen molar-refractivity contribution in [2.45, 2.75) is 13.3 Å². The number of benzene rings is 2. The Hall–Kier alpha value is -2.65. The average Bonchev–Trinajstić information content (AvgIpc) is 2.92. The molecule has 0 saturated carbocycles. The Morgan fingerprint density at radius 1 is 1.12 bits per heavy atom. The minimum atomic E-state index is -0.419. The number of fused-ring (bicyclic) bond motifs is 1. The summed E-state index contributed by atoms with van der Waals surface area (Å²) in [6, 6.07) is 11.8. The summed E-state index contributed by atoms with van der Waals surface area (Å²) in [5.74, 6) is 0.125. The van der Waals surface area contributed by atoms with E-state index in [0.717, 1.165) is 0 Å². The minimum absolute atomic E-state index is 0.0110. The van der Waals surface area contributed by atoms with Crippen molar-refractivity contribution in [2.24, 2.45) is 5.92 Å². The van der Waals surface area contributed by atoms with Gasteiger partial charge in [0.1, 0.15) is 5.75 Å². The van der Waals surface area contributed by atoms with Crippen LogP contribution in [0.3, 0.4) is 0 Å². The number of rotatable bonds is 4. The molecule has 0 saturated heterocycles. The van der Waals surface area contributed by atoms with Gasteiger partial charge < -0.3 is 4.74 Å². The van der Waals surface area contributed by atoms with Crippen molar-refractivity contribution >= 4 is 32.6 Å². The van der Waals surface area contributed by atoms with E-state index in [4.69, 9.17) is 4.74 Å². The van der Waals surface area contributed by atoms with E-state index in [2.05, 4.69) is 0 Å². The predicted octanol–water partition coefficient (Wildman–Crippen LogP) is 3.61. The SMILES string of the molecule is CCC1C(=O)c2ccccc2C1=O.COc1ccc(C=O)c(C(=O)P)c1. The number of Topliss-reactive ketones (excluding diaryl/α,β-unsaturated/α-hetero) is 2. The topological polar surface area (TPSA) is 77.5 Å². The van der Waals surface area contributed by atoms with Crippen molar-refractivity contribution in [1.29, 1.82) is 0 Å². The Bertz CT molecular complexity index is 837. The lowest BCUT2D eigenvalue weighted by Crippen LogP contribution is -2.13. The summed E-state index contributed by atoms with van der Waals surface area (Å²) < 4.78 is 4.93. The molecule has 0 heterocycles. The quantitative estimate of drug-likeness (QED) is 0.467. The molecule has 1 atom stereocenters. The van der Waals surface area contributed by atoms with E-state index in [1.807, 2.05) is 16.2 Å². The lowest BCUT2D eigenvalue weighted by Gasteiger charge is -2.03. The van der Waals surface area contributed by atoms with Gasteiger partial charge >= 0.3 is 0 Å². The van der Waals surface area contributed by atoms with E-state index in [1.165, 1.54) is 7.11 Å². The summed E-state index contributed by atoms with van der Waals surface area (Å²) in [6.45, 7) is 1.87. The van der Waals surface area contributed by atoms with Gasteiger partial charge in [-0.05, 0) is 24.6 Å². The molecule has 3 rings (SSSR count). The molecular formula is C20H19O5P. The van der Waals surface area contributed by atoms with Gasteiger partial charge in [-0.2, -0.15) is 0 Å². The number of ether oxygens (including phenoxy) is 1. The third-order valence-electron chi connectivity index (χ3n) is 4.15. The van der Waals surface area contributed by atoms with Gasteiger partial charge in [0.25, 0.3) is 0 Å². The third kappa shape index (κ3) is 3.94. The first-order valence-corrected chi connectivity index (χ1v) is 8.62. The number of methoxy groups -OCH3 is 1. The highest BCUT2D eigenvalue weighted by molar-refractivity contribution is 7.41. The van der Waals surface area contributed by atoms with Crippen LogP contribution >= 0.6 is 9.24 Å². The van der Waals surface area contributed by atoms with Gasteiger partial charge in [-0.25, -0.2) is 0 Å². The average molecular weight is 370 g/mol. The zero-order valence-corrected chi connectivity index (χ0v) is 15.7. The van der Waals surface area contributed by atoms with Crippen molar-refractivity contribution in [3.63, 3.8) is 0 Å². The maximum atomic E-state index is 11.6. The monoisotopic (exact) mass is 370 g/mol. The maximum absolute atomic E-state index is 11.6. The summed E-state index contributed by atoms with van der Waals surface area (Å²) >= 11 is 0. The lowest BCUT2D eigenvalue weighted by atomic mass is 10.0. The number of carbonyl (C=O) groups excluding carboxylic acids is 4. The van der Waals surface area contributed by atoms with Gasteiger partial charge in [-0.1, -0.05) is 40.4 Å². The van der Waals surface area contributed by atoms with Gasteiger partial charge in [0.15, 0.2) is 23.4 Å². The fourth-order valence-corrected chi connectivity index (χ4v) is 3.01. The van der Waals surface area contributed by atoms with Crippen LogP contribution in [0.25, 0.3) is 0 Å². The summed E-state index contributed by atoms with van der Waals surface area (Å²) in [5.41, 5.74) is 1.71. The van der Waals surface area contributed by atoms with Crippen LogP contribution in [0.4, 0.5) is 0 Å². The number of ketones is 2. The van der Waals surface area contributed by atoms with Crippen LogP contribution in [0.1, 0.15) is 54.8 Å². The summed E-state index contributed by atoms with van der Waals surface area (Å²) in [4.78, 5) is 44.8. The normalized spacial score (nSPS) is 12.9. The molecule has 0 fully saturated rings. The van der Waals surface area contributed by atoms with E-state index in [1.54, 1.807) is 42.5 Å². The molecule has 0 bridgehead atoms. The third-order valence-corrected chi connectivity index (χ3v) is 4.46. The van der Waals surface area contributed by atoms with Gasteiger partial charge in [-0.15, -0.1) is 0 Å². The molecular weight excluding hydrogens is 351 g/mol. The van der Waals surface area contributed by atoms with Crippen LogP contribution in [0.15, 0.2) is 42.5 Å². The Balaban J connectivity index is 0.000000187. The summed E-state index contributed by atoms with van der Waals surface area (Å²) in [5, 5.41) is 0. The van der Waals surface area contributed by atoms with Crippen LogP contribution < -0.4 is 4.74 Å². The molecule has 26 heavy (non-hydrogen) atoms. The van der Waals surface area contributed by atoms with Crippen LogP contribution in [0.5, 0.6) is 5.75 Å². The zero-order valence-electron chi connectivity index (χ0n) is 14.5. The van der Waals surface area contributed by atoms with Gasteiger partial charge in [0, 0.05) is 22.3 Å². The van der Waals surface area contributed by atoms with Gasteiger partial charge in [0.05, 0.1) is 13.0 Å². The lowest BCUT2D eigenvalue weighted by molar-refractivity contribution is 0.0834. The van der Waals surface area contributed by atoms with E-state index >= 15 is 0 Å². The highest BCUT2D eigenvalue weighted by Crippen LogP contribution is 2.28. The molecule has 1 aliphatic rings. The molecule has 0 aromatic heterocycles. The van der Waals surface area contributed by atoms with Crippen LogP contribution in [0.2, 0.25) is 0 Å². The Morgan fingerprint density at radius 3 is 2.12 bits per heavy atom. The Labute approximate surface area is 153 Å². The molecule has 0 amide bonds. The van der Waals surface area contributed by atoms with Gasteiger partial charge in [0.2, 0.25) is 0 Å². The van der Waals surface area contributed by atoms with Crippen molar-refractivity contribution in [2.75, 3.05) is 7.11 Å². The maximum Gasteiger partial charge on any atom is 0.178 e. The first-order chi connectivity index (χ1) is 12.4. The Kier molecular flexibility index (Phi) is 6.53. The molecule has 1 aliphatic carbocycles. The molecule has 134 valence electrons. The number of hydrogen-bond donors (Lipinski definition) is 0. The molecule has 0 N–H and O–H groups in total. The summed E-state index contributed by atoms with van der Waals surface area (Å²) in [7, 11) is 3.53. The molecule has 0 spiro atoms. The highest BCUT2D eigenvalue weighted by Gasteiger charge is 2.36. The van der Waals surface area contributed by atoms with Crippen molar-refractivity contribution in [1.82, 2.24) is 0 Å². The van der Waals surface area contributed by atoms with Crippen LogP contribution in [0, 0.1) is 5.92 Å². The predicted molar refractivity (Wildman–Crippen MR) is 101 cm³/mol. The standard InChI is InChI=1S/C11H10O2.C9H9O3P/c1-2-7-10(12)8-5-3-4-6-9(8)11(7)13;1-12-7-3-2-6(5-10)8(4-7)9(11)13/h3-7H,2H2,1H3;2-5H,13H2,1H3. The molecule has 2 aromatic carbocycles. The zero-order chi connectivity index (χ0) is 19.3. The van der Waals surface area contributed by atoms with Gasteiger partial charge in [-0.3, -0.25) is 19.2 Å². The molecule has 0 aliphatic heterocycles. The van der Waals surface area contributed by atoms with E-state index in [-0.39, 0.29) is 17.1 Å². The van der Waals surface area contributed by atoms with Crippen LogP contribution in [-0.4, -0.2) is 30.5 Å². The largest absolute Gasteiger partial charge is 0.497 e. The smallest absolute Gasteiger partial charge is 0.178 e. The second kappa shape index (κ2) is 8.63. The first-order valence-electron chi connectivity index (χ1n) is 8.05. The van der Waals surface area contributed by atoms with E-state index in [9.17, 15) is 19.2 Å². The highest BCUT2D eigenvalue weighted by atomic mass is 31.0. The summed E-state index contributed by atoms with van der Waals surface area (Å²) in [6.07, 6.45) is 1.25. The molecule has 6 heteroatoms. The molecule has 5 nitrogen and oxygen atoms in total. The van der Waals surface area contributed by atoms with E-state index in [0.29, 0.717) is 40.7 Å². The van der Waals surface area contributed by atoms with Crippen molar-refractivity contribution in [3.05, 3.63) is 64.7 Å². The van der Waals surface area contributed by atoms with Crippen molar-refractivity contribution < 1.29 is 23.9 Å². The second-order valence-corrected chi connectivity index (χ2v) is 6.19. The number of hydrogen-bond acceptors (Lipinski definition) is 5. The number of aldehydes is 1. The fourth-order valence-electron chi connectivity index (χ4n) is 2.76. The molecule has 0 radical (unpaired) electrons. The van der Waals surface area contributed by atoms with Crippen LogP contribution in [-0.2, 0) is 0 Å². The first kappa shape index (κ1) is 19.7. The minimum Gasteiger partial charge on any atom is -0.497 e. The van der Waals surface area contributed by atoms with Crippen molar-refractivity contribution in [3.8, 4) is 5.75 Å². The molecule has 2 aromatic rings. The number of carbonyl (C=O) groups is 4. The van der Waals surface area contributed by atoms with E-state index < -0.39 is 5.92 Å². The fraction of sp³-hybridized carbons (Fsp3) is 0.200. The Morgan fingerprint density at radius 2 is 1.69 bits per heavy atom. The molecule has 1 unspecified atom stereocenters.